The SMILES string of the molecule is CC(C)COc1ncc(C(F)(F)F)cc1B1OC(C)(C)C(C)(C)O1. The van der Waals surface area contributed by atoms with Crippen LogP contribution in [0.1, 0.15) is 47.1 Å². The van der Waals surface area contributed by atoms with Gasteiger partial charge in [0.15, 0.2) is 0 Å². The van der Waals surface area contributed by atoms with E-state index in [1.54, 1.807) is 0 Å². The molecule has 0 saturated carbocycles. The zero-order chi connectivity index (χ0) is 18.3. The Morgan fingerprint density at radius 3 is 2.17 bits per heavy atom. The summed E-state index contributed by atoms with van der Waals surface area (Å²) in [6.07, 6.45) is -3.73. The topological polar surface area (TPSA) is 40.6 Å². The summed E-state index contributed by atoms with van der Waals surface area (Å²) in [5.41, 5.74) is -2.03. The molecule has 0 spiro atoms. The maximum atomic E-state index is 13.0. The fourth-order valence-corrected chi connectivity index (χ4v) is 2.13. The van der Waals surface area contributed by atoms with Gasteiger partial charge in [-0.3, -0.25) is 0 Å². The molecule has 1 saturated heterocycles. The quantitative estimate of drug-likeness (QED) is 0.784. The summed E-state index contributed by atoms with van der Waals surface area (Å²) in [4.78, 5) is 3.85. The van der Waals surface area contributed by atoms with Gasteiger partial charge < -0.3 is 14.0 Å². The van der Waals surface area contributed by atoms with Crippen LogP contribution in [0.5, 0.6) is 5.88 Å². The predicted octanol–water partition coefficient (Wildman–Crippen LogP) is 3.43. The Morgan fingerprint density at radius 2 is 1.71 bits per heavy atom. The molecule has 1 aromatic rings. The highest BCUT2D eigenvalue weighted by Crippen LogP contribution is 2.37. The summed E-state index contributed by atoms with van der Waals surface area (Å²) in [6.45, 7) is 11.6. The van der Waals surface area contributed by atoms with Crippen LogP contribution in [0.2, 0.25) is 0 Å². The predicted molar refractivity (Wildman–Crippen MR) is 85.3 cm³/mol. The van der Waals surface area contributed by atoms with E-state index in [0.717, 1.165) is 12.3 Å². The third-order valence-corrected chi connectivity index (χ3v) is 4.27. The van der Waals surface area contributed by atoms with Crippen LogP contribution in [-0.4, -0.2) is 29.9 Å². The summed E-state index contributed by atoms with van der Waals surface area (Å²) >= 11 is 0. The van der Waals surface area contributed by atoms with E-state index in [4.69, 9.17) is 14.0 Å². The van der Waals surface area contributed by atoms with Gasteiger partial charge in [-0.1, -0.05) is 13.8 Å². The van der Waals surface area contributed by atoms with Gasteiger partial charge in [0.2, 0.25) is 5.88 Å². The summed E-state index contributed by atoms with van der Waals surface area (Å²) in [5, 5.41) is 0. The van der Waals surface area contributed by atoms with Gasteiger partial charge in [-0.05, 0) is 39.7 Å². The number of ether oxygens (including phenoxy) is 1. The highest BCUT2D eigenvalue weighted by molar-refractivity contribution is 6.63. The van der Waals surface area contributed by atoms with Gasteiger partial charge in [-0.15, -0.1) is 0 Å². The third kappa shape index (κ3) is 3.86. The second kappa shape index (κ2) is 6.22. The number of hydrogen-bond donors (Lipinski definition) is 0. The van der Waals surface area contributed by atoms with Gasteiger partial charge in [0, 0.05) is 11.7 Å². The monoisotopic (exact) mass is 345 g/mol. The maximum Gasteiger partial charge on any atom is 0.500 e. The van der Waals surface area contributed by atoms with E-state index in [1.807, 2.05) is 41.5 Å². The van der Waals surface area contributed by atoms with Crippen molar-refractivity contribution in [2.45, 2.75) is 58.9 Å². The van der Waals surface area contributed by atoms with Gasteiger partial charge in [0.1, 0.15) is 0 Å². The lowest BCUT2D eigenvalue weighted by molar-refractivity contribution is -0.137. The molecule has 0 aromatic carbocycles. The average molecular weight is 345 g/mol. The molecule has 0 aliphatic carbocycles. The van der Waals surface area contributed by atoms with E-state index in [9.17, 15) is 13.2 Å². The molecule has 1 aromatic heterocycles. The first-order valence-corrected chi connectivity index (χ1v) is 7.89. The molecule has 1 aliphatic heterocycles. The molecule has 8 heteroatoms. The molecule has 2 rings (SSSR count). The number of alkyl halides is 3. The summed E-state index contributed by atoms with van der Waals surface area (Å²) in [6, 6.07) is 0.991. The molecule has 0 bridgehead atoms. The van der Waals surface area contributed by atoms with Crippen LogP contribution in [0.15, 0.2) is 12.3 Å². The first kappa shape index (κ1) is 19.1. The van der Waals surface area contributed by atoms with Crippen molar-refractivity contribution in [1.82, 2.24) is 4.98 Å². The van der Waals surface area contributed by atoms with Crippen LogP contribution in [0.3, 0.4) is 0 Å². The molecule has 24 heavy (non-hydrogen) atoms. The van der Waals surface area contributed by atoms with Crippen molar-refractivity contribution in [2.75, 3.05) is 6.61 Å². The van der Waals surface area contributed by atoms with Crippen molar-refractivity contribution in [3.8, 4) is 5.88 Å². The smallest absolute Gasteiger partial charge is 0.478 e. The van der Waals surface area contributed by atoms with Crippen LogP contribution in [0, 0.1) is 5.92 Å². The lowest BCUT2D eigenvalue weighted by Gasteiger charge is -2.32. The molecule has 1 fully saturated rings. The molecule has 0 amide bonds. The van der Waals surface area contributed by atoms with Gasteiger partial charge >= 0.3 is 13.3 Å². The first-order chi connectivity index (χ1) is 10.8. The van der Waals surface area contributed by atoms with Crippen molar-refractivity contribution >= 4 is 12.6 Å². The van der Waals surface area contributed by atoms with Crippen LogP contribution in [0.4, 0.5) is 13.2 Å². The summed E-state index contributed by atoms with van der Waals surface area (Å²) < 4.78 is 56.4. The van der Waals surface area contributed by atoms with Gasteiger partial charge in [0.05, 0.1) is 23.4 Å². The van der Waals surface area contributed by atoms with E-state index >= 15 is 0 Å². The van der Waals surface area contributed by atoms with E-state index in [2.05, 4.69) is 4.98 Å². The van der Waals surface area contributed by atoms with Gasteiger partial charge in [0.25, 0.3) is 0 Å². The van der Waals surface area contributed by atoms with Gasteiger partial charge in [-0.2, -0.15) is 13.2 Å². The number of aromatic nitrogens is 1. The molecule has 134 valence electrons. The van der Waals surface area contributed by atoms with Crippen LogP contribution < -0.4 is 10.2 Å². The molecule has 2 heterocycles. The Bertz CT molecular complexity index is 587. The molecule has 0 unspecified atom stereocenters. The average Bonchev–Trinajstić information content (AvgIpc) is 2.63. The van der Waals surface area contributed by atoms with Crippen molar-refractivity contribution in [3.63, 3.8) is 0 Å². The molecule has 1 aliphatic rings. The standard InChI is InChI=1S/C16H23BF3NO3/c1-10(2)9-22-13-12(7-11(8-21-13)16(18,19)20)17-23-14(3,4)15(5,6)24-17/h7-8,10H,9H2,1-6H3. The Labute approximate surface area is 140 Å². The lowest BCUT2D eigenvalue weighted by atomic mass is 9.79. The second-order valence-electron chi connectivity index (χ2n) is 7.41. The number of nitrogens with zero attached hydrogens (tertiary/aromatic N) is 1. The summed E-state index contributed by atoms with van der Waals surface area (Å²) in [7, 11) is -0.966. The number of pyridine rings is 1. The number of halogens is 3. The Balaban J connectivity index is 2.41. The largest absolute Gasteiger partial charge is 0.500 e. The summed E-state index contributed by atoms with van der Waals surface area (Å²) in [5.74, 6) is 0.315. The minimum Gasteiger partial charge on any atom is -0.478 e. The van der Waals surface area contributed by atoms with E-state index in [0.29, 0.717) is 6.61 Å². The molecule has 0 radical (unpaired) electrons. The molecule has 0 N–H and O–H groups in total. The Morgan fingerprint density at radius 1 is 1.17 bits per heavy atom. The molecule has 4 nitrogen and oxygen atoms in total. The number of rotatable bonds is 4. The molecular formula is C16H23BF3NO3. The van der Waals surface area contributed by atoms with E-state index < -0.39 is 30.1 Å². The minimum absolute atomic E-state index is 0.107. The highest BCUT2D eigenvalue weighted by Gasteiger charge is 2.53. The van der Waals surface area contributed by atoms with Crippen molar-refractivity contribution in [2.24, 2.45) is 5.92 Å². The van der Waals surface area contributed by atoms with E-state index in [-0.39, 0.29) is 17.3 Å². The highest BCUT2D eigenvalue weighted by atomic mass is 19.4. The van der Waals surface area contributed by atoms with Crippen molar-refractivity contribution < 1.29 is 27.2 Å². The Kier molecular flexibility index (Phi) is 4.94. The molecular weight excluding hydrogens is 322 g/mol. The van der Waals surface area contributed by atoms with Crippen LogP contribution in [0.25, 0.3) is 0 Å². The number of hydrogen-bond acceptors (Lipinski definition) is 4. The molecule has 0 atom stereocenters. The third-order valence-electron chi connectivity index (χ3n) is 4.27. The lowest BCUT2D eigenvalue weighted by Crippen LogP contribution is -2.41. The first-order valence-electron chi connectivity index (χ1n) is 7.89. The zero-order valence-corrected chi connectivity index (χ0v) is 14.8. The van der Waals surface area contributed by atoms with Crippen LogP contribution >= 0.6 is 0 Å². The second-order valence-corrected chi connectivity index (χ2v) is 7.41. The van der Waals surface area contributed by atoms with Gasteiger partial charge in [-0.25, -0.2) is 4.98 Å². The fourth-order valence-electron chi connectivity index (χ4n) is 2.13. The maximum absolute atomic E-state index is 13.0. The van der Waals surface area contributed by atoms with Crippen molar-refractivity contribution in [3.05, 3.63) is 17.8 Å². The zero-order valence-electron chi connectivity index (χ0n) is 14.8. The fraction of sp³-hybridized carbons (Fsp3) is 0.688. The van der Waals surface area contributed by atoms with Crippen molar-refractivity contribution in [1.29, 1.82) is 0 Å². The van der Waals surface area contributed by atoms with Crippen LogP contribution in [-0.2, 0) is 15.5 Å². The minimum atomic E-state index is -4.50. The normalized spacial score (nSPS) is 19.8. The van der Waals surface area contributed by atoms with E-state index in [1.165, 1.54) is 0 Å². The Hall–Kier alpha value is -1.28.